The summed E-state index contributed by atoms with van der Waals surface area (Å²) in [6, 6.07) is 1.83. The lowest BCUT2D eigenvalue weighted by Crippen LogP contribution is -2.61. The largest absolute Gasteiger partial charge is 0.472 e. The van der Waals surface area contributed by atoms with Crippen LogP contribution in [0, 0.1) is 28.6 Å². The van der Waals surface area contributed by atoms with Gasteiger partial charge in [0.2, 0.25) is 0 Å². The van der Waals surface area contributed by atoms with E-state index in [-0.39, 0.29) is 42.2 Å². The molecule has 6 heteroatoms. The lowest BCUT2D eigenvalue weighted by atomic mass is 9.44. The Morgan fingerprint density at radius 1 is 1.23 bits per heavy atom. The number of ketones is 1. The number of hydrogen-bond acceptors (Lipinski definition) is 6. The summed E-state index contributed by atoms with van der Waals surface area (Å²) >= 11 is 0. The second kappa shape index (κ2) is 5.42. The number of esters is 1. The van der Waals surface area contributed by atoms with Crippen LogP contribution < -0.4 is 0 Å². The number of ether oxygens (including phenoxy) is 2. The van der Waals surface area contributed by atoms with Crippen molar-refractivity contribution in [3.05, 3.63) is 24.2 Å². The molecule has 2 aliphatic carbocycles. The van der Waals surface area contributed by atoms with Gasteiger partial charge in [-0.25, -0.2) is 0 Å². The summed E-state index contributed by atoms with van der Waals surface area (Å²) in [5, 5.41) is 10.3. The van der Waals surface area contributed by atoms with Gasteiger partial charge in [0.25, 0.3) is 0 Å². The van der Waals surface area contributed by atoms with Gasteiger partial charge in [0.1, 0.15) is 11.9 Å². The molecule has 0 aromatic carbocycles. The summed E-state index contributed by atoms with van der Waals surface area (Å²) in [7, 11) is 0. The van der Waals surface area contributed by atoms with Gasteiger partial charge in [0, 0.05) is 24.3 Å². The fraction of sp³-hybridized carbons (Fsp3) is 0.700. The zero-order valence-corrected chi connectivity index (χ0v) is 14.8. The Bertz CT molecular complexity index is 741. The molecule has 6 nitrogen and oxygen atoms in total. The average molecular weight is 360 g/mol. The van der Waals surface area contributed by atoms with Gasteiger partial charge in [0.05, 0.1) is 30.0 Å². The molecule has 1 N–H and O–H groups in total. The van der Waals surface area contributed by atoms with Crippen molar-refractivity contribution >= 4 is 11.8 Å². The van der Waals surface area contributed by atoms with E-state index in [2.05, 4.69) is 0 Å². The molecule has 4 aliphatic rings. The third-order valence-electron chi connectivity index (χ3n) is 7.71. The van der Waals surface area contributed by atoms with E-state index in [1.165, 1.54) is 0 Å². The maximum Gasteiger partial charge on any atom is 0.313 e. The van der Waals surface area contributed by atoms with Crippen molar-refractivity contribution in [3.63, 3.8) is 0 Å². The van der Waals surface area contributed by atoms with Crippen LogP contribution >= 0.6 is 0 Å². The highest BCUT2D eigenvalue weighted by atomic mass is 16.6. The predicted octanol–water partition coefficient (Wildman–Crippen LogP) is 2.61. The number of Topliss-reactive ketones (excluding diaryl/α,β-unsaturated/α-hetero) is 1. The van der Waals surface area contributed by atoms with Crippen molar-refractivity contribution in [2.24, 2.45) is 28.6 Å². The Balaban J connectivity index is 1.60. The lowest BCUT2D eigenvalue weighted by Gasteiger charge is -2.55. The molecule has 2 aliphatic heterocycles. The van der Waals surface area contributed by atoms with Crippen molar-refractivity contribution in [2.75, 3.05) is 6.61 Å². The standard InChI is InChI=1S/C20H24O6/c1-11-7-16(21)20-10-25-17(22)13(20)3-2-4-15(20)19(11)8-14(26-18(19)23)12-5-6-24-9-12/h5-6,9,11,13-15,17,22H,2-4,7-8,10H2,1H3/t11-,13+,14+,15-,17-,19-,20-/m1/s1. The highest BCUT2D eigenvalue weighted by Crippen LogP contribution is 2.67. The van der Waals surface area contributed by atoms with Crippen molar-refractivity contribution < 1.29 is 28.6 Å². The molecule has 1 aromatic heterocycles. The van der Waals surface area contributed by atoms with Crippen LogP contribution in [0.2, 0.25) is 0 Å². The van der Waals surface area contributed by atoms with Crippen molar-refractivity contribution in [1.29, 1.82) is 0 Å². The Hall–Kier alpha value is -1.66. The molecule has 0 bridgehead atoms. The molecule has 2 spiro atoms. The highest BCUT2D eigenvalue weighted by Gasteiger charge is 2.72. The molecular formula is C20H24O6. The third kappa shape index (κ3) is 1.84. The third-order valence-corrected chi connectivity index (χ3v) is 7.71. The van der Waals surface area contributed by atoms with Crippen LogP contribution in [-0.4, -0.2) is 29.8 Å². The van der Waals surface area contributed by atoms with Crippen LogP contribution in [0.5, 0.6) is 0 Å². The van der Waals surface area contributed by atoms with E-state index in [0.29, 0.717) is 12.8 Å². The molecule has 0 unspecified atom stereocenters. The molecule has 2 saturated carbocycles. The quantitative estimate of drug-likeness (QED) is 0.775. The van der Waals surface area contributed by atoms with E-state index in [9.17, 15) is 14.7 Å². The summed E-state index contributed by atoms with van der Waals surface area (Å²) in [6.45, 7) is 2.22. The number of furan rings is 1. The highest BCUT2D eigenvalue weighted by molar-refractivity contribution is 5.92. The monoisotopic (exact) mass is 360 g/mol. The fourth-order valence-corrected chi connectivity index (χ4v) is 6.45. The first-order valence-electron chi connectivity index (χ1n) is 9.56. The van der Waals surface area contributed by atoms with Crippen molar-refractivity contribution in [2.45, 2.75) is 51.4 Å². The maximum absolute atomic E-state index is 13.2. The normalized spacial score (nSPS) is 47.7. The second-order valence-electron chi connectivity index (χ2n) is 8.56. The molecule has 5 rings (SSSR count). The molecule has 0 amide bonds. The molecule has 140 valence electrons. The zero-order chi connectivity index (χ0) is 18.1. The molecule has 7 atom stereocenters. The summed E-state index contributed by atoms with van der Waals surface area (Å²) in [4.78, 5) is 26.4. The van der Waals surface area contributed by atoms with Gasteiger partial charge in [0.15, 0.2) is 6.29 Å². The summed E-state index contributed by atoms with van der Waals surface area (Å²) < 4.78 is 16.6. The van der Waals surface area contributed by atoms with Crippen molar-refractivity contribution in [1.82, 2.24) is 0 Å². The SMILES string of the molecule is C[C@@H]1CC(=O)[C@]23CO[C@@H](O)[C@@H]2CCC[C@@H]3[C@@]12C[C@@H](c1ccoc1)OC2=O. The Morgan fingerprint density at radius 2 is 2.08 bits per heavy atom. The zero-order valence-electron chi connectivity index (χ0n) is 14.8. The van der Waals surface area contributed by atoms with Gasteiger partial charge in [-0.2, -0.15) is 0 Å². The minimum atomic E-state index is -0.908. The van der Waals surface area contributed by atoms with E-state index in [0.717, 1.165) is 24.8 Å². The summed E-state index contributed by atoms with van der Waals surface area (Å²) in [6.07, 6.45) is 5.34. The molecule has 4 fully saturated rings. The number of hydrogen-bond donors (Lipinski definition) is 1. The van der Waals surface area contributed by atoms with Crippen LogP contribution in [0.15, 0.2) is 23.0 Å². The van der Waals surface area contributed by atoms with Crippen LogP contribution in [0.3, 0.4) is 0 Å². The number of aliphatic hydroxyl groups excluding tert-OH is 1. The first-order valence-corrected chi connectivity index (χ1v) is 9.56. The van der Waals surface area contributed by atoms with Gasteiger partial charge in [-0.1, -0.05) is 13.3 Å². The maximum atomic E-state index is 13.2. The number of fused-ring (bicyclic) bond motifs is 1. The Morgan fingerprint density at radius 3 is 2.85 bits per heavy atom. The Kier molecular flexibility index (Phi) is 3.44. The van der Waals surface area contributed by atoms with E-state index in [1.807, 2.05) is 13.0 Å². The van der Waals surface area contributed by atoms with Gasteiger partial charge < -0.3 is 19.0 Å². The van der Waals surface area contributed by atoms with Crippen LogP contribution in [0.25, 0.3) is 0 Å². The van der Waals surface area contributed by atoms with Crippen molar-refractivity contribution in [3.8, 4) is 0 Å². The number of cyclic esters (lactones) is 1. The Labute approximate surface area is 151 Å². The molecule has 26 heavy (non-hydrogen) atoms. The molecule has 3 heterocycles. The number of carbonyl (C=O) groups excluding carboxylic acids is 2. The van der Waals surface area contributed by atoms with E-state index in [1.54, 1.807) is 12.5 Å². The molecule has 1 aromatic rings. The van der Waals surface area contributed by atoms with E-state index in [4.69, 9.17) is 13.9 Å². The minimum Gasteiger partial charge on any atom is -0.472 e. The van der Waals surface area contributed by atoms with Crippen LogP contribution in [0.1, 0.15) is 50.7 Å². The minimum absolute atomic E-state index is 0.0773. The smallest absolute Gasteiger partial charge is 0.313 e. The lowest BCUT2D eigenvalue weighted by molar-refractivity contribution is -0.175. The average Bonchev–Trinajstić information content (AvgIpc) is 3.33. The van der Waals surface area contributed by atoms with Gasteiger partial charge >= 0.3 is 5.97 Å². The van der Waals surface area contributed by atoms with E-state index < -0.39 is 17.1 Å². The first-order chi connectivity index (χ1) is 12.5. The number of aliphatic hydroxyl groups is 1. The van der Waals surface area contributed by atoms with E-state index >= 15 is 0 Å². The fourth-order valence-electron chi connectivity index (χ4n) is 6.45. The first kappa shape index (κ1) is 16.5. The second-order valence-corrected chi connectivity index (χ2v) is 8.56. The number of rotatable bonds is 1. The van der Waals surface area contributed by atoms with Crippen LogP contribution in [-0.2, 0) is 19.1 Å². The topological polar surface area (TPSA) is 86.0 Å². The predicted molar refractivity (Wildman–Crippen MR) is 88.6 cm³/mol. The molecular weight excluding hydrogens is 336 g/mol. The van der Waals surface area contributed by atoms with Crippen LogP contribution in [0.4, 0.5) is 0 Å². The van der Waals surface area contributed by atoms with Gasteiger partial charge in [-0.15, -0.1) is 0 Å². The van der Waals surface area contributed by atoms with Gasteiger partial charge in [-0.05, 0) is 30.7 Å². The summed E-state index contributed by atoms with van der Waals surface area (Å²) in [5.74, 6) is -0.464. The van der Waals surface area contributed by atoms with Gasteiger partial charge in [-0.3, -0.25) is 9.59 Å². The molecule has 0 radical (unpaired) electrons. The summed E-state index contributed by atoms with van der Waals surface area (Å²) in [5.41, 5.74) is -0.570. The number of carbonyl (C=O) groups is 2. The molecule has 2 saturated heterocycles.